The molecule has 0 atom stereocenters. The van der Waals surface area contributed by atoms with Crippen molar-refractivity contribution in [3.63, 3.8) is 0 Å². The molecule has 0 fully saturated rings. The average Bonchev–Trinajstić information content (AvgIpc) is 2.78. The summed E-state index contributed by atoms with van der Waals surface area (Å²) in [5.74, 6) is 2.45. The van der Waals surface area contributed by atoms with Crippen LogP contribution < -0.4 is 5.32 Å². The summed E-state index contributed by atoms with van der Waals surface area (Å²) in [6, 6.07) is 0. The van der Waals surface area contributed by atoms with Crippen LogP contribution in [0.3, 0.4) is 0 Å². The molecule has 3 nitrogen and oxygen atoms in total. The van der Waals surface area contributed by atoms with E-state index in [9.17, 15) is 0 Å². The van der Waals surface area contributed by atoms with Crippen LogP contribution >= 0.6 is 11.8 Å². The summed E-state index contributed by atoms with van der Waals surface area (Å²) in [6.45, 7) is 11.9. The van der Waals surface area contributed by atoms with Crippen molar-refractivity contribution in [2.75, 3.05) is 18.1 Å². The molecule has 0 aliphatic rings. The SMILES string of the molecule is CCNCc1c(CC)nn(CCCSCC)c1CC. The zero-order valence-corrected chi connectivity index (χ0v) is 13.8. The molecule has 0 bridgehead atoms. The van der Waals surface area contributed by atoms with Crippen molar-refractivity contribution in [2.24, 2.45) is 0 Å². The number of nitrogens with one attached hydrogen (secondary N) is 1. The first-order chi connectivity index (χ1) is 9.28. The normalized spacial score (nSPS) is 11.2. The van der Waals surface area contributed by atoms with Gasteiger partial charge in [-0.25, -0.2) is 0 Å². The molecule has 1 N–H and O–H groups in total. The third-order valence-electron chi connectivity index (χ3n) is 3.33. The Bertz CT molecular complexity index is 361. The van der Waals surface area contributed by atoms with Crippen molar-refractivity contribution in [3.8, 4) is 0 Å². The highest BCUT2D eigenvalue weighted by molar-refractivity contribution is 7.99. The number of thioether (sulfide) groups is 1. The van der Waals surface area contributed by atoms with E-state index in [1.165, 1.54) is 34.9 Å². The Balaban J connectivity index is 2.76. The predicted octanol–water partition coefficient (Wildman–Crippen LogP) is 3.26. The predicted molar refractivity (Wildman–Crippen MR) is 86.0 cm³/mol. The highest BCUT2D eigenvalue weighted by Gasteiger charge is 2.14. The van der Waals surface area contributed by atoms with Gasteiger partial charge in [0.05, 0.1) is 5.69 Å². The minimum atomic E-state index is 0.965. The zero-order valence-electron chi connectivity index (χ0n) is 13.0. The Morgan fingerprint density at radius 1 is 1.16 bits per heavy atom. The van der Waals surface area contributed by atoms with E-state index in [1.807, 2.05) is 11.8 Å². The molecule has 1 aromatic heterocycles. The van der Waals surface area contributed by atoms with Crippen molar-refractivity contribution >= 4 is 11.8 Å². The molecule has 0 amide bonds. The molecule has 0 spiro atoms. The molecule has 0 radical (unpaired) electrons. The van der Waals surface area contributed by atoms with Crippen LogP contribution in [0.25, 0.3) is 0 Å². The Labute approximate surface area is 122 Å². The Hall–Kier alpha value is -0.480. The lowest BCUT2D eigenvalue weighted by atomic mass is 10.1. The fourth-order valence-corrected chi connectivity index (χ4v) is 2.99. The second-order valence-corrected chi connectivity index (χ2v) is 6.03. The number of nitrogens with zero attached hydrogens (tertiary/aromatic N) is 2. The quantitative estimate of drug-likeness (QED) is 0.668. The lowest BCUT2D eigenvalue weighted by Gasteiger charge is -2.08. The Morgan fingerprint density at radius 2 is 1.95 bits per heavy atom. The second kappa shape index (κ2) is 9.43. The van der Waals surface area contributed by atoms with Gasteiger partial charge in [-0.2, -0.15) is 16.9 Å². The van der Waals surface area contributed by atoms with Gasteiger partial charge >= 0.3 is 0 Å². The van der Waals surface area contributed by atoms with E-state index >= 15 is 0 Å². The molecule has 19 heavy (non-hydrogen) atoms. The molecule has 0 saturated carbocycles. The fourth-order valence-electron chi connectivity index (χ4n) is 2.37. The molecule has 0 aromatic carbocycles. The maximum Gasteiger partial charge on any atom is 0.0669 e. The molecular weight excluding hydrogens is 254 g/mol. The van der Waals surface area contributed by atoms with Gasteiger partial charge in [-0.15, -0.1) is 0 Å². The molecule has 1 rings (SSSR count). The van der Waals surface area contributed by atoms with Gasteiger partial charge in [-0.1, -0.05) is 27.7 Å². The highest BCUT2D eigenvalue weighted by atomic mass is 32.2. The lowest BCUT2D eigenvalue weighted by Crippen LogP contribution is -2.14. The van der Waals surface area contributed by atoms with Crippen LogP contribution in [0.1, 0.15) is 51.1 Å². The topological polar surface area (TPSA) is 29.9 Å². The van der Waals surface area contributed by atoms with Crippen molar-refractivity contribution in [1.29, 1.82) is 0 Å². The van der Waals surface area contributed by atoms with Gasteiger partial charge in [-0.05, 0) is 37.3 Å². The fraction of sp³-hybridized carbons (Fsp3) is 0.800. The van der Waals surface area contributed by atoms with E-state index in [2.05, 4.69) is 37.7 Å². The summed E-state index contributed by atoms with van der Waals surface area (Å²) < 4.78 is 2.25. The molecule has 0 unspecified atom stereocenters. The molecule has 0 saturated heterocycles. The summed E-state index contributed by atoms with van der Waals surface area (Å²) in [4.78, 5) is 0. The van der Waals surface area contributed by atoms with E-state index in [0.29, 0.717) is 0 Å². The van der Waals surface area contributed by atoms with Crippen molar-refractivity contribution in [3.05, 3.63) is 17.0 Å². The Morgan fingerprint density at radius 3 is 2.53 bits per heavy atom. The number of hydrogen-bond donors (Lipinski definition) is 1. The molecule has 0 aliphatic heterocycles. The summed E-state index contributed by atoms with van der Waals surface area (Å²) in [5, 5.41) is 8.26. The van der Waals surface area contributed by atoms with E-state index in [1.54, 1.807) is 0 Å². The summed E-state index contributed by atoms with van der Waals surface area (Å²) >= 11 is 2.02. The van der Waals surface area contributed by atoms with Gasteiger partial charge in [0.15, 0.2) is 0 Å². The van der Waals surface area contributed by atoms with E-state index in [4.69, 9.17) is 5.10 Å². The van der Waals surface area contributed by atoms with E-state index in [0.717, 1.165) is 32.5 Å². The zero-order chi connectivity index (χ0) is 14.1. The van der Waals surface area contributed by atoms with Gasteiger partial charge in [0, 0.05) is 24.3 Å². The molecule has 1 heterocycles. The van der Waals surface area contributed by atoms with Crippen LogP contribution in [0.2, 0.25) is 0 Å². The average molecular weight is 283 g/mol. The smallest absolute Gasteiger partial charge is 0.0669 e. The van der Waals surface area contributed by atoms with Crippen LogP contribution in [-0.4, -0.2) is 27.8 Å². The first-order valence-electron chi connectivity index (χ1n) is 7.64. The van der Waals surface area contributed by atoms with Gasteiger partial charge < -0.3 is 5.32 Å². The van der Waals surface area contributed by atoms with E-state index in [-0.39, 0.29) is 0 Å². The van der Waals surface area contributed by atoms with E-state index < -0.39 is 0 Å². The molecule has 1 aromatic rings. The second-order valence-electron chi connectivity index (χ2n) is 4.63. The summed E-state index contributed by atoms with van der Waals surface area (Å²) in [6.07, 6.45) is 3.33. The van der Waals surface area contributed by atoms with Gasteiger partial charge in [-0.3, -0.25) is 4.68 Å². The van der Waals surface area contributed by atoms with Crippen molar-refractivity contribution in [1.82, 2.24) is 15.1 Å². The summed E-state index contributed by atoms with van der Waals surface area (Å²) in [7, 11) is 0. The summed E-state index contributed by atoms with van der Waals surface area (Å²) in [5.41, 5.74) is 4.15. The van der Waals surface area contributed by atoms with Crippen molar-refractivity contribution in [2.45, 2.75) is 60.0 Å². The third-order valence-corrected chi connectivity index (χ3v) is 4.32. The molecule has 4 heteroatoms. The van der Waals surface area contributed by atoms with Crippen LogP contribution in [0.15, 0.2) is 0 Å². The maximum absolute atomic E-state index is 4.82. The minimum Gasteiger partial charge on any atom is -0.313 e. The molecule has 110 valence electrons. The lowest BCUT2D eigenvalue weighted by molar-refractivity contribution is 0.572. The molecular formula is C15H29N3S. The minimum absolute atomic E-state index is 0.965. The van der Waals surface area contributed by atoms with Crippen LogP contribution in [-0.2, 0) is 25.9 Å². The number of aryl methyl sites for hydroxylation is 2. The van der Waals surface area contributed by atoms with Gasteiger partial charge in [0.2, 0.25) is 0 Å². The number of aromatic nitrogens is 2. The van der Waals surface area contributed by atoms with Crippen molar-refractivity contribution < 1.29 is 0 Å². The van der Waals surface area contributed by atoms with Crippen LogP contribution in [0, 0.1) is 0 Å². The third kappa shape index (κ3) is 4.84. The highest BCUT2D eigenvalue weighted by Crippen LogP contribution is 2.17. The largest absolute Gasteiger partial charge is 0.313 e. The monoisotopic (exact) mass is 283 g/mol. The maximum atomic E-state index is 4.82. The van der Waals surface area contributed by atoms with Gasteiger partial charge in [0.25, 0.3) is 0 Å². The standard InChI is InChI=1S/C15H29N3S/c1-5-14-13(12-16-7-3)15(6-2)18(17-14)10-9-11-19-8-4/h16H,5-12H2,1-4H3. The Kier molecular flexibility index (Phi) is 8.22. The first kappa shape index (κ1) is 16.6. The van der Waals surface area contributed by atoms with Crippen LogP contribution in [0.4, 0.5) is 0 Å². The number of rotatable bonds is 10. The first-order valence-corrected chi connectivity index (χ1v) is 8.79. The van der Waals surface area contributed by atoms with Gasteiger partial charge in [0.1, 0.15) is 0 Å². The van der Waals surface area contributed by atoms with Crippen LogP contribution in [0.5, 0.6) is 0 Å². The molecule has 0 aliphatic carbocycles. The number of hydrogen-bond acceptors (Lipinski definition) is 3.